The van der Waals surface area contributed by atoms with Crippen molar-refractivity contribution < 1.29 is 9.18 Å². The molecule has 20 heavy (non-hydrogen) atoms. The maximum atomic E-state index is 14.2. The van der Waals surface area contributed by atoms with Gasteiger partial charge in [0.2, 0.25) is 0 Å². The molecule has 0 fully saturated rings. The lowest BCUT2D eigenvalue weighted by molar-refractivity contribution is -0.121. The number of unbranched alkanes of at least 4 members (excludes halogenated alkanes) is 1. The van der Waals surface area contributed by atoms with Gasteiger partial charge in [-0.05, 0) is 43.4 Å². The molecule has 0 aliphatic heterocycles. The van der Waals surface area contributed by atoms with Crippen LogP contribution in [0.2, 0.25) is 0 Å². The Morgan fingerprint density at radius 1 is 1.40 bits per heavy atom. The highest BCUT2D eigenvalue weighted by Crippen LogP contribution is 2.34. The zero-order valence-electron chi connectivity index (χ0n) is 12.4. The second kappa shape index (κ2) is 7.79. The number of ketones is 1. The lowest BCUT2D eigenvalue weighted by atomic mass is 9.78. The summed E-state index contributed by atoms with van der Waals surface area (Å²) in [6.45, 7) is 5.63. The molecule has 1 aromatic carbocycles. The van der Waals surface area contributed by atoms with Crippen LogP contribution in [0.25, 0.3) is 0 Å². The molecule has 0 saturated carbocycles. The zero-order valence-corrected chi connectivity index (χ0v) is 12.4. The van der Waals surface area contributed by atoms with Crippen molar-refractivity contribution in [3.63, 3.8) is 0 Å². The van der Waals surface area contributed by atoms with E-state index >= 15 is 0 Å². The van der Waals surface area contributed by atoms with Gasteiger partial charge >= 0.3 is 0 Å². The van der Waals surface area contributed by atoms with Gasteiger partial charge in [-0.3, -0.25) is 4.79 Å². The van der Waals surface area contributed by atoms with Gasteiger partial charge in [0.05, 0.1) is 11.6 Å². The number of rotatable bonds is 7. The average Bonchev–Trinajstić information content (AvgIpc) is 2.43. The predicted octanol–water partition coefficient (Wildman–Crippen LogP) is 4.59. The Morgan fingerprint density at radius 3 is 2.55 bits per heavy atom. The molecule has 108 valence electrons. The monoisotopic (exact) mass is 275 g/mol. The van der Waals surface area contributed by atoms with E-state index in [4.69, 9.17) is 5.26 Å². The number of hydrogen-bond acceptors (Lipinski definition) is 2. The molecule has 0 saturated heterocycles. The van der Waals surface area contributed by atoms with Crippen LogP contribution in [-0.2, 0) is 4.79 Å². The average molecular weight is 275 g/mol. The van der Waals surface area contributed by atoms with E-state index in [0.717, 1.165) is 19.3 Å². The topological polar surface area (TPSA) is 40.9 Å². The SMILES string of the molecule is CCCCC(c1ccc(C#N)cc1F)C(CC)C(C)=O. The van der Waals surface area contributed by atoms with Crippen LogP contribution in [-0.4, -0.2) is 5.78 Å². The van der Waals surface area contributed by atoms with Crippen molar-refractivity contribution in [2.24, 2.45) is 5.92 Å². The number of nitriles is 1. The summed E-state index contributed by atoms with van der Waals surface area (Å²) < 4.78 is 14.2. The summed E-state index contributed by atoms with van der Waals surface area (Å²) in [4.78, 5) is 11.8. The van der Waals surface area contributed by atoms with Crippen LogP contribution in [0, 0.1) is 23.1 Å². The molecule has 0 aliphatic rings. The smallest absolute Gasteiger partial charge is 0.133 e. The fraction of sp³-hybridized carbons (Fsp3) is 0.529. The highest BCUT2D eigenvalue weighted by Gasteiger charge is 2.27. The normalized spacial score (nSPS) is 13.6. The molecule has 3 heteroatoms. The van der Waals surface area contributed by atoms with Crippen molar-refractivity contribution in [2.45, 2.75) is 52.4 Å². The minimum atomic E-state index is -0.371. The second-order valence-corrected chi connectivity index (χ2v) is 5.22. The summed E-state index contributed by atoms with van der Waals surface area (Å²) in [5.74, 6) is -0.503. The molecule has 0 aliphatic carbocycles. The first-order valence-corrected chi connectivity index (χ1v) is 7.25. The third kappa shape index (κ3) is 3.90. The van der Waals surface area contributed by atoms with Gasteiger partial charge in [0.1, 0.15) is 11.6 Å². The van der Waals surface area contributed by atoms with Gasteiger partial charge < -0.3 is 0 Å². The first kappa shape index (κ1) is 16.4. The number of carbonyl (C=O) groups excluding carboxylic acids is 1. The van der Waals surface area contributed by atoms with Crippen molar-refractivity contribution >= 4 is 5.78 Å². The highest BCUT2D eigenvalue weighted by atomic mass is 19.1. The largest absolute Gasteiger partial charge is 0.300 e. The summed E-state index contributed by atoms with van der Waals surface area (Å²) >= 11 is 0. The van der Waals surface area contributed by atoms with Gasteiger partial charge in [-0.25, -0.2) is 4.39 Å². The van der Waals surface area contributed by atoms with E-state index in [0.29, 0.717) is 17.5 Å². The minimum Gasteiger partial charge on any atom is -0.300 e. The Hall–Kier alpha value is -1.69. The van der Waals surface area contributed by atoms with E-state index in [1.807, 2.05) is 13.0 Å². The zero-order chi connectivity index (χ0) is 15.1. The predicted molar refractivity (Wildman–Crippen MR) is 77.8 cm³/mol. The molecule has 0 spiro atoms. The third-order valence-electron chi connectivity index (χ3n) is 3.85. The van der Waals surface area contributed by atoms with Crippen LogP contribution < -0.4 is 0 Å². The van der Waals surface area contributed by atoms with Crippen molar-refractivity contribution in [1.82, 2.24) is 0 Å². The number of halogens is 1. The highest BCUT2D eigenvalue weighted by molar-refractivity contribution is 5.79. The van der Waals surface area contributed by atoms with E-state index in [9.17, 15) is 9.18 Å². The fourth-order valence-electron chi connectivity index (χ4n) is 2.75. The molecule has 0 aromatic heterocycles. The van der Waals surface area contributed by atoms with Crippen LogP contribution >= 0.6 is 0 Å². The Labute approximate surface area is 120 Å². The fourth-order valence-corrected chi connectivity index (χ4v) is 2.75. The Kier molecular flexibility index (Phi) is 6.38. The summed E-state index contributed by atoms with van der Waals surface area (Å²) in [5, 5.41) is 8.81. The van der Waals surface area contributed by atoms with Crippen molar-refractivity contribution in [3.8, 4) is 6.07 Å². The van der Waals surface area contributed by atoms with E-state index in [2.05, 4.69) is 6.92 Å². The van der Waals surface area contributed by atoms with Crippen molar-refractivity contribution in [1.29, 1.82) is 5.26 Å². The molecule has 1 rings (SSSR count). The van der Waals surface area contributed by atoms with Crippen molar-refractivity contribution in [2.75, 3.05) is 0 Å². The van der Waals surface area contributed by atoms with Crippen LogP contribution in [0.15, 0.2) is 18.2 Å². The molecule has 0 radical (unpaired) electrons. The van der Waals surface area contributed by atoms with Crippen molar-refractivity contribution in [3.05, 3.63) is 35.1 Å². The quantitative estimate of drug-likeness (QED) is 0.730. The Bertz CT molecular complexity index is 504. The molecule has 0 bridgehead atoms. The van der Waals surface area contributed by atoms with E-state index in [1.54, 1.807) is 19.1 Å². The van der Waals surface area contributed by atoms with Crippen LogP contribution in [0.4, 0.5) is 4.39 Å². The number of Topliss-reactive ketones (excluding diaryl/α,β-unsaturated/α-hetero) is 1. The Balaban J connectivity index is 3.16. The summed E-state index contributed by atoms with van der Waals surface area (Å²) in [5.41, 5.74) is 0.885. The number of nitrogens with zero attached hydrogens (tertiary/aromatic N) is 1. The molecular weight excluding hydrogens is 253 g/mol. The third-order valence-corrected chi connectivity index (χ3v) is 3.85. The number of benzene rings is 1. The molecule has 2 atom stereocenters. The lowest BCUT2D eigenvalue weighted by Gasteiger charge is -2.25. The summed E-state index contributed by atoms with van der Waals surface area (Å²) in [6, 6.07) is 6.50. The maximum Gasteiger partial charge on any atom is 0.133 e. The molecule has 2 nitrogen and oxygen atoms in total. The Morgan fingerprint density at radius 2 is 2.10 bits per heavy atom. The first-order chi connectivity index (χ1) is 9.54. The lowest BCUT2D eigenvalue weighted by Crippen LogP contribution is -2.21. The van der Waals surface area contributed by atoms with Gasteiger partial charge in [-0.1, -0.05) is 32.8 Å². The van der Waals surface area contributed by atoms with Gasteiger partial charge in [-0.15, -0.1) is 0 Å². The summed E-state index contributed by atoms with van der Waals surface area (Å²) in [7, 11) is 0. The van der Waals surface area contributed by atoms with Crippen LogP contribution in [0.3, 0.4) is 0 Å². The molecular formula is C17H22FNO. The minimum absolute atomic E-state index is 0.0924. The molecule has 0 N–H and O–H groups in total. The van der Waals surface area contributed by atoms with E-state index < -0.39 is 0 Å². The second-order valence-electron chi connectivity index (χ2n) is 5.22. The van der Waals surface area contributed by atoms with E-state index in [-0.39, 0.29) is 23.4 Å². The number of hydrogen-bond donors (Lipinski definition) is 0. The van der Waals surface area contributed by atoms with Gasteiger partial charge in [0.25, 0.3) is 0 Å². The van der Waals surface area contributed by atoms with E-state index in [1.165, 1.54) is 6.07 Å². The maximum absolute atomic E-state index is 14.2. The van der Waals surface area contributed by atoms with Gasteiger partial charge in [-0.2, -0.15) is 5.26 Å². The van der Waals surface area contributed by atoms with Crippen LogP contribution in [0.5, 0.6) is 0 Å². The standard InChI is InChI=1S/C17H22FNO/c1-4-6-7-15(14(5-2)12(3)20)16-9-8-13(11-19)10-17(16)18/h8-10,14-15H,4-7H2,1-3H3. The number of carbonyl (C=O) groups is 1. The summed E-state index contributed by atoms with van der Waals surface area (Å²) in [6.07, 6.45) is 3.50. The molecule has 0 heterocycles. The van der Waals surface area contributed by atoms with Gasteiger partial charge in [0.15, 0.2) is 0 Å². The molecule has 1 aromatic rings. The molecule has 0 amide bonds. The first-order valence-electron chi connectivity index (χ1n) is 7.25. The molecule has 2 unspecified atom stereocenters. The van der Waals surface area contributed by atoms with Gasteiger partial charge in [0, 0.05) is 5.92 Å². The van der Waals surface area contributed by atoms with Crippen LogP contribution in [0.1, 0.15) is 63.5 Å².